The van der Waals surface area contributed by atoms with Crippen LogP contribution in [0.4, 0.5) is 5.82 Å². The first-order valence-electron chi connectivity index (χ1n) is 5.23. The molecule has 1 heterocycles. The third kappa shape index (κ3) is 5.23. The van der Waals surface area contributed by atoms with Crippen molar-refractivity contribution in [2.75, 3.05) is 11.9 Å². The molecule has 0 unspecified atom stereocenters. The Morgan fingerprint density at radius 2 is 2.25 bits per heavy atom. The molecule has 4 nitrogen and oxygen atoms in total. The largest absolute Gasteiger partial charge is 0.314 e. The number of anilines is 1. The van der Waals surface area contributed by atoms with E-state index in [4.69, 9.17) is 0 Å². The SMILES string of the molecule is CC(C)NCCC(=O)Nc1cccc(Br)n1. The molecule has 0 bridgehead atoms. The van der Waals surface area contributed by atoms with Crippen LogP contribution in [-0.4, -0.2) is 23.5 Å². The lowest BCUT2D eigenvalue weighted by molar-refractivity contribution is -0.116. The first kappa shape index (κ1) is 13.1. The highest BCUT2D eigenvalue weighted by atomic mass is 79.9. The van der Waals surface area contributed by atoms with E-state index in [-0.39, 0.29) is 5.91 Å². The lowest BCUT2D eigenvalue weighted by atomic mass is 10.3. The van der Waals surface area contributed by atoms with Crippen LogP contribution >= 0.6 is 15.9 Å². The molecule has 1 rings (SSSR count). The van der Waals surface area contributed by atoms with E-state index in [1.165, 1.54) is 0 Å². The normalized spacial score (nSPS) is 10.5. The molecule has 1 aromatic heterocycles. The van der Waals surface area contributed by atoms with Gasteiger partial charge < -0.3 is 10.6 Å². The summed E-state index contributed by atoms with van der Waals surface area (Å²) in [5.41, 5.74) is 0. The summed E-state index contributed by atoms with van der Waals surface area (Å²) in [7, 11) is 0. The van der Waals surface area contributed by atoms with Gasteiger partial charge >= 0.3 is 0 Å². The van der Waals surface area contributed by atoms with Crippen LogP contribution in [0, 0.1) is 0 Å². The second-order valence-corrected chi connectivity index (χ2v) is 4.57. The second-order valence-electron chi connectivity index (χ2n) is 3.75. The molecule has 0 saturated heterocycles. The summed E-state index contributed by atoms with van der Waals surface area (Å²) in [6.45, 7) is 4.78. The van der Waals surface area contributed by atoms with E-state index < -0.39 is 0 Å². The lowest BCUT2D eigenvalue weighted by Crippen LogP contribution is -2.27. The molecule has 2 N–H and O–H groups in total. The molecular weight excluding hydrogens is 270 g/mol. The van der Waals surface area contributed by atoms with Gasteiger partial charge in [-0.25, -0.2) is 4.98 Å². The predicted molar refractivity (Wildman–Crippen MR) is 68.3 cm³/mol. The number of amides is 1. The molecule has 0 saturated carbocycles. The van der Waals surface area contributed by atoms with Crippen LogP contribution < -0.4 is 10.6 Å². The van der Waals surface area contributed by atoms with E-state index in [2.05, 4.69) is 31.5 Å². The Balaban J connectivity index is 2.34. The fourth-order valence-corrected chi connectivity index (χ4v) is 1.50. The van der Waals surface area contributed by atoms with Gasteiger partial charge in [-0.05, 0) is 28.1 Å². The predicted octanol–water partition coefficient (Wildman–Crippen LogP) is 2.17. The number of hydrogen-bond acceptors (Lipinski definition) is 3. The third-order valence-corrected chi connectivity index (χ3v) is 2.33. The van der Waals surface area contributed by atoms with E-state index in [0.717, 1.165) is 0 Å². The van der Waals surface area contributed by atoms with E-state index in [9.17, 15) is 4.79 Å². The minimum atomic E-state index is -0.0289. The van der Waals surface area contributed by atoms with Crippen molar-refractivity contribution in [3.05, 3.63) is 22.8 Å². The molecular formula is C11H16BrN3O. The summed E-state index contributed by atoms with van der Waals surface area (Å²) >= 11 is 3.25. The molecule has 88 valence electrons. The van der Waals surface area contributed by atoms with E-state index in [0.29, 0.717) is 29.4 Å². The maximum atomic E-state index is 11.5. The van der Waals surface area contributed by atoms with Crippen LogP contribution in [0.5, 0.6) is 0 Å². The first-order chi connectivity index (χ1) is 7.58. The lowest BCUT2D eigenvalue weighted by Gasteiger charge is -2.08. The maximum absolute atomic E-state index is 11.5. The highest BCUT2D eigenvalue weighted by Crippen LogP contribution is 2.09. The zero-order valence-electron chi connectivity index (χ0n) is 9.46. The highest BCUT2D eigenvalue weighted by molar-refractivity contribution is 9.10. The molecule has 1 amide bonds. The van der Waals surface area contributed by atoms with Gasteiger partial charge in [0.25, 0.3) is 0 Å². The monoisotopic (exact) mass is 285 g/mol. The number of rotatable bonds is 5. The number of nitrogens with one attached hydrogen (secondary N) is 2. The Morgan fingerprint density at radius 3 is 2.88 bits per heavy atom. The number of aromatic nitrogens is 1. The highest BCUT2D eigenvalue weighted by Gasteiger charge is 2.03. The minimum absolute atomic E-state index is 0.0289. The van der Waals surface area contributed by atoms with Crippen molar-refractivity contribution in [1.82, 2.24) is 10.3 Å². The summed E-state index contributed by atoms with van der Waals surface area (Å²) < 4.78 is 0.714. The summed E-state index contributed by atoms with van der Waals surface area (Å²) in [6, 6.07) is 5.81. The van der Waals surface area contributed by atoms with Crippen LogP contribution in [0.25, 0.3) is 0 Å². The van der Waals surface area contributed by atoms with Gasteiger partial charge in [-0.15, -0.1) is 0 Å². The van der Waals surface area contributed by atoms with Gasteiger partial charge in [0.05, 0.1) is 0 Å². The van der Waals surface area contributed by atoms with Crippen LogP contribution in [-0.2, 0) is 4.79 Å². The molecule has 1 aromatic rings. The van der Waals surface area contributed by atoms with Gasteiger partial charge in [-0.3, -0.25) is 4.79 Å². The standard InChI is InChI=1S/C11H16BrN3O/c1-8(2)13-7-6-11(16)15-10-5-3-4-9(12)14-10/h3-5,8,13H,6-7H2,1-2H3,(H,14,15,16). The van der Waals surface area contributed by atoms with Crippen LogP contribution in [0.3, 0.4) is 0 Å². The van der Waals surface area contributed by atoms with E-state index in [1.807, 2.05) is 26.0 Å². The number of pyridine rings is 1. The quantitative estimate of drug-likeness (QED) is 0.816. The Labute approximate surface area is 104 Å². The van der Waals surface area contributed by atoms with Gasteiger partial charge in [0.2, 0.25) is 5.91 Å². The molecule has 0 aromatic carbocycles. The van der Waals surface area contributed by atoms with Crippen LogP contribution in [0.15, 0.2) is 22.8 Å². The average molecular weight is 286 g/mol. The Morgan fingerprint density at radius 1 is 1.50 bits per heavy atom. The Bertz CT molecular complexity index is 355. The van der Waals surface area contributed by atoms with Crippen molar-refractivity contribution in [2.45, 2.75) is 26.3 Å². The fraction of sp³-hybridized carbons (Fsp3) is 0.455. The third-order valence-electron chi connectivity index (χ3n) is 1.89. The molecule has 0 radical (unpaired) electrons. The van der Waals surface area contributed by atoms with Crippen molar-refractivity contribution >= 4 is 27.7 Å². The zero-order valence-corrected chi connectivity index (χ0v) is 11.0. The van der Waals surface area contributed by atoms with Crippen molar-refractivity contribution in [1.29, 1.82) is 0 Å². The summed E-state index contributed by atoms with van der Waals surface area (Å²) in [5.74, 6) is 0.544. The Hall–Kier alpha value is -0.940. The van der Waals surface area contributed by atoms with E-state index in [1.54, 1.807) is 6.07 Å². The van der Waals surface area contributed by atoms with Crippen LogP contribution in [0.2, 0.25) is 0 Å². The van der Waals surface area contributed by atoms with Crippen molar-refractivity contribution in [3.63, 3.8) is 0 Å². The molecule has 0 aliphatic rings. The maximum Gasteiger partial charge on any atom is 0.226 e. The Kier molecular flexibility index (Phi) is 5.42. The van der Waals surface area contributed by atoms with Gasteiger partial charge in [0.1, 0.15) is 10.4 Å². The molecule has 0 aliphatic heterocycles. The van der Waals surface area contributed by atoms with Gasteiger partial charge in [-0.2, -0.15) is 0 Å². The molecule has 5 heteroatoms. The first-order valence-corrected chi connectivity index (χ1v) is 6.03. The van der Waals surface area contributed by atoms with Gasteiger partial charge in [0, 0.05) is 19.0 Å². The fourth-order valence-electron chi connectivity index (χ4n) is 1.16. The number of nitrogens with zero attached hydrogens (tertiary/aromatic N) is 1. The minimum Gasteiger partial charge on any atom is -0.314 e. The number of hydrogen-bond donors (Lipinski definition) is 2. The number of carbonyl (C=O) groups excluding carboxylic acids is 1. The molecule has 0 atom stereocenters. The zero-order chi connectivity index (χ0) is 12.0. The molecule has 0 spiro atoms. The van der Waals surface area contributed by atoms with Crippen LogP contribution in [0.1, 0.15) is 20.3 Å². The van der Waals surface area contributed by atoms with Gasteiger partial charge in [0.15, 0.2) is 0 Å². The van der Waals surface area contributed by atoms with Crippen molar-refractivity contribution < 1.29 is 4.79 Å². The summed E-state index contributed by atoms with van der Waals surface area (Å²) in [6.07, 6.45) is 0.451. The second kappa shape index (κ2) is 6.60. The van der Waals surface area contributed by atoms with Crippen molar-refractivity contribution in [3.8, 4) is 0 Å². The van der Waals surface area contributed by atoms with Gasteiger partial charge in [-0.1, -0.05) is 19.9 Å². The number of carbonyl (C=O) groups is 1. The molecule has 0 fully saturated rings. The molecule has 0 aliphatic carbocycles. The average Bonchev–Trinajstić information content (AvgIpc) is 2.16. The smallest absolute Gasteiger partial charge is 0.226 e. The topological polar surface area (TPSA) is 54.0 Å². The summed E-state index contributed by atoms with van der Waals surface area (Å²) in [4.78, 5) is 15.6. The number of halogens is 1. The van der Waals surface area contributed by atoms with Crippen molar-refractivity contribution in [2.24, 2.45) is 0 Å². The van der Waals surface area contributed by atoms with E-state index >= 15 is 0 Å². The summed E-state index contributed by atoms with van der Waals surface area (Å²) in [5, 5.41) is 5.92. The molecule has 16 heavy (non-hydrogen) atoms.